The molecule has 1 fully saturated rings. The number of sulfonamides is 1. The summed E-state index contributed by atoms with van der Waals surface area (Å²) in [7, 11) is -3.56. The number of nitrogens with zero attached hydrogens (tertiary/aromatic N) is 1. The molecule has 18 heavy (non-hydrogen) atoms. The molecule has 1 aromatic heterocycles. The summed E-state index contributed by atoms with van der Waals surface area (Å²) >= 11 is 12.7. The monoisotopic (exact) mass is 350 g/mol. The average molecular weight is 352 g/mol. The molecule has 1 aliphatic rings. The lowest BCUT2D eigenvalue weighted by Gasteiger charge is -2.29. The fourth-order valence-corrected chi connectivity index (χ4v) is 5.48. The topological polar surface area (TPSA) is 63.4 Å². The SMILES string of the molecule is Cl.NC1CCCN(S(=O)(=O)c2cc(Cl)sc2Cl)C1. The number of hydrogen-bond donors (Lipinski definition) is 1. The molecule has 2 heterocycles. The highest BCUT2D eigenvalue weighted by molar-refractivity contribution is 7.89. The molecule has 0 spiro atoms. The van der Waals surface area contributed by atoms with Gasteiger partial charge in [-0.25, -0.2) is 8.42 Å². The molecule has 4 nitrogen and oxygen atoms in total. The van der Waals surface area contributed by atoms with E-state index in [1.807, 2.05) is 0 Å². The Kier molecular flexibility index (Phi) is 5.74. The Morgan fingerprint density at radius 2 is 2.11 bits per heavy atom. The lowest BCUT2D eigenvalue weighted by atomic mass is 10.1. The largest absolute Gasteiger partial charge is 0.327 e. The van der Waals surface area contributed by atoms with Gasteiger partial charge in [0.25, 0.3) is 0 Å². The molecule has 0 radical (unpaired) electrons. The van der Waals surface area contributed by atoms with Crippen molar-refractivity contribution >= 4 is 57.0 Å². The summed E-state index contributed by atoms with van der Waals surface area (Å²) in [6.45, 7) is 0.825. The van der Waals surface area contributed by atoms with Crippen LogP contribution in [0.15, 0.2) is 11.0 Å². The third kappa shape index (κ3) is 3.30. The molecule has 0 bridgehead atoms. The molecule has 1 unspecified atom stereocenters. The minimum atomic E-state index is -3.56. The van der Waals surface area contributed by atoms with Gasteiger partial charge in [-0.15, -0.1) is 23.7 Å². The van der Waals surface area contributed by atoms with E-state index in [1.165, 1.54) is 10.4 Å². The number of piperidine rings is 1. The quantitative estimate of drug-likeness (QED) is 0.890. The van der Waals surface area contributed by atoms with Crippen LogP contribution in [-0.2, 0) is 10.0 Å². The van der Waals surface area contributed by atoms with Gasteiger partial charge in [-0.05, 0) is 18.9 Å². The first-order valence-corrected chi connectivity index (χ1v) is 8.13. The average Bonchev–Trinajstić information content (AvgIpc) is 2.58. The van der Waals surface area contributed by atoms with Crippen LogP contribution in [0.2, 0.25) is 8.67 Å². The zero-order valence-corrected chi connectivity index (χ0v) is 13.3. The maximum Gasteiger partial charge on any atom is 0.245 e. The summed E-state index contributed by atoms with van der Waals surface area (Å²) in [5.41, 5.74) is 5.78. The number of rotatable bonds is 2. The van der Waals surface area contributed by atoms with E-state index < -0.39 is 10.0 Å². The number of thiophene rings is 1. The molecular weight excluding hydrogens is 339 g/mol. The molecule has 2 rings (SSSR count). The van der Waals surface area contributed by atoms with Crippen LogP contribution in [0.25, 0.3) is 0 Å². The lowest BCUT2D eigenvalue weighted by Crippen LogP contribution is -2.45. The molecule has 104 valence electrons. The Bertz CT molecular complexity index is 518. The van der Waals surface area contributed by atoms with Gasteiger partial charge in [-0.3, -0.25) is 0 Å². The predicted molar refractivity (Wildman–Crippen MR) is 77.6 cm³/mol. The highest BCUT2D eigenvalue weighted by Crippen LogP contribution is 2.36. The van der Waals surface area contributed by atoms with Crippen molar-refractivity contribution in [3.05, 3.63) is 14.7 Å². The Morgan fingerprint density at radius 3 is 2.61 bits per heavy atom. The zero-order chi connectivity index (χ0) is 12.6. The van der Waals surface area contributed by atoms with Crippen LogP contribution in [0.1, 0.15) is 12.8 Å². The van der Waals surface area contributed by atoms with Gasteiger partial charge in [0.05, 0.1) is 4.34 Å². The van der Waals surface area contributed by atoms with Gasteiger partial charge in [0.1, 0.15) is 9.23 Å². The van der Waals surface area contributed by atoms with E-state index in [9.17, 15) is 8.42 Å². The highest BCUT2D eigenvalue weighted by atomic mass is 35.5. The Balaban J connectivity index is 0.00000162. The molecule has 2 N–H and O–H groups in total. The first kappa shape index (κ1) is 16.5. The lowest BCUT2D eigenvalue weighted by molar-refractivity contribution is 0.316. The molecule has 1 aliphatic heterocycles. The van der Waals surface area contributed by atoms with E-state index in [2.05, 4.69) is 0 Å². The van der Waals surface area contributed by atoms with Gasteiger partial charge in [0.2, 0.25) is 10.0 Å². The van der Waals surface area contributed by atoms with Crippen LogP contribution < -0.4 is 5.73 Å². The molecular formula is C9H13Cl3N2O2S2. The van der Waals surface area contributed by atoms with Crippen LogP contribution in [0.5, 0.6) is 0 Å². The molecule has 1 aromatic rings. The minimum absolute atomic E-state index is 0. The van der Waals surface area contributed by atoms with Gasteiger partial charge < -0.3 is 5.73 Å². The fraction of sp³-hybridized carbons (Fsp3) is 0.556. The molecule has 0 aliphatic carbocycles. The van der Waals surface area contributed by atoms with Gasteiger partial charge in [-0.1, -0.05) is 23.2 Å². The van der Waals surface area contributed by atoms with Crippen molar-refractivity contribution in [1.82, 2.24) is 4.31 Å². The molecule has 0 amide bonds. The number of hydrogen-bond acceptors (Lipinski definition) is 4. The molecule has 0 aromatic carbocycles. The number of halogens is 3. The molecule has 1 atom stereocenters. The van der Waals surface area contributed by atoms with E-state index in [1.54, 1.807) is 0 Å². The normalized spacial score (nSPS) is 21.6. The van der Waals surface area contributed by atoms with E-state index in [0.717, 1.165) is 24.2 Å². The third-order valence-electron chi connectivity index (χ3n) is 2.66. The van der Waals surface area contributed by atoms with Crippen LogP contribution >= 0.6 is 46.9 Å². The first-order chi connectivity index (χ1) is 7.91. The van der Waals surface area contributed by atoms with Gasteiger partial charge in [0.15, 0.2) is 0 Å². The second-order valence-electron chi connectivity index (χ2n) is 3.95. The highest BCUT2D eigenvalue weighted by Gasteiger charge is 2.31. The van der Waals surface area contributed by atoms with E-state index in [4.69, 9.17) is 28.9 Å². The Hall–Kier alpha value is 0.440. The molecule has 0 saturated carbocycles. The minimum Gasteiger partial charge on any atom is -0.327 e. The van der Waals surface area contributed by atoms with Gasteiger partial charge in [0, 0.05) is 19.1 Å². The van der Waals surface area contributed by atoms with Crippen LogP contribution in [0, 0.1) is 0 Å². The summed E-state index contributed by atoms with van der Waals surface area (Å²) in [5.74, 6) is 0. The van der Waals surface area contributed by atoms with Crippen molar-refractivity contribution in [1.29, 1.82) is 0 Å². The van der Waals surface area contributed by atoms with Crippen LogP contribution in [0.3, 0.4) is 0 Å². The van der Waals surface area contributed by atoms with E-state index >= 15 is 0 Å². The van der Waals surface area contributed by atoms with Crippen LogP contribution in [0.4, 0.5) is 0 Å². The van der Waals surface area contributed by atoms with Crippen molar-refractivity contribution in [2.24, 2.45) is 5.73 Å². The van der Waals surface area contributed by atoms with Crippen molar-refractivity contribution in [2.45, 2.75) is 23.8 Å². The van der Waals surface area contributed by atoms with Crippen molar-refractivity contribution in [3.63, 3.8) is 0 Å². The fourth-order valence-electron chi connectivity index (χ4n) is 1.83. The maximum atomic E-state index is 12.3. The van der Waals surface area contributed by atoms with E-state index in [-0.39, 0.29) is 27.7 Å². The van der Waals surface area contributed by atoms with Crippen LogP contribution in [-0.4, -0.2) is 31.9 Å². The summed E-state index contributed by atoms with van der Waals surface area (Å²) in [5, 5.41) is 0. The first-order valence-electron chi connectivity index (χ1n) is 5.12. The predicted octanol–water partition coefficient (Wildman–Crippen LogP) is 2.59. The summed E-state index contributed by atoms with van der Waals surface area (Å²) in [6, 6.07) is 1.29. The van der Waals surface area contributed by atoms with E-state index in [0.29, 0.717) is 17.4 Å². The summed E-state index contributed by atoms with van der Waals surface area (Å²) in [4.78, 5) is 0.0864. The Morgan fingerprint density at radius 1 is 1.44 bits per heavy atom. The number of nitrogens with two attached hydrogens (primary N) is 1. The van der Waals surface area contributed by atoms with Crippen molar-refractivity contribution in [2.75, 3.05) is 13.1 Å². The maximum absolute atomic E-state index is 12.3. The zero-order valence-electron chi connectivity index (χ0n) is 9.30. The van der Waals surface area contributed by atoms with Gasteiger partial charge in [-0.2, -0.15) is 4.31 Å². The third-order valence-corrected chi connectivity index (χ3v) is 6.28. The second-order valence-corrected chi connectivity index (χ2v) is 8.15. The molecule has 9 heteroatoms. The van der Waals surface area contributed by atoms with Crippen molar-refractivity contribution < 1.29 is 8.42 Å². The molecule has 1 saturated heterocycles. The van der Waals surface area contributed by atoms with Gasteiger partial charge >= 0.3 is 0 Å². The van der Waals surface area contributed by atoms with Crippen molar-refractivity contribution in [3.8, 4) is 0 Å². The second kappa shape index (κ2) is 6.26. The standard InChI is InChI=1S/C9H12Cl2N2O2S2.ClH/c10-8-4-7(9(11)16-8)17(14,15)13-3-1-2-6(12)5-13;/h4,6H,1-3,5,12H2;1H. The summed E-state index contributed by atoms with van der Waals surface area (Å²) < 4.78 is 26.6. The Labute approximate surface area is 127 Å². The smallest absolute Gasteiger partial charge is 0.245 e. The summed E-state index contributed by atoms with van der Waals surface area (Å²) in [6.07, 6.45) is 1.63.